The summed E-state index contributed by atoms with van der Waals surface area (Å²) in [7, 11) is 0. The summed E-state index contributed by atoms with van der Waals surface area (Å²) in [6.45, 7) is 8.36. The van der Waals surface area contributed by atoms with E-state index in [0.717, 1.165) is 66.6 Å². The molecule has 6 nitrogen and oxygen atoms in total. The number of ether oxygens (including phenoxy) is 1. The van der Waals surface area contributed by atoms with Crippen LogP contribution in [0.5, 0.6) is 11.5 Å². The number of benzene rings is 7. The molecular formula is C57H42N4O2Pt-2. The van der Waals surface area contributed by atoms with Crippen molar-refractivity contribution in [2.45, 2.75) is 33.2 Å². The standard InChI is InChI=1S/C57H42N4O2.Pt/c1-38-32-53(58-35-49(38)41-22-12-7-13-23-41)61-50-29-15-14-26-47(50)48-31-30-44(34-51(48)61)63-43-25-16-24-42(33-43)52-36-62-56-55(60(37-59(52)56)57(2,3)4)54-45(39-18-8-5-9-19-39)27-17-28-46(54)40-20-10-6-11-21-40;/h5-32,35-36H,1-4H3;/q-2;/i7D,12D,13D,22D,23D;. The van der Waals surface area contributed by atoms with Gasteiger partial charge < -0.3 is 18.3 Å². The number of hydrogen-bond acceptors (Lipinski definition) is 3. The number of pyridine rings is 1. The van der Waals surface area contributed by atoms with Crippen molar-refractivity contribution in [3.63, 3.8) is 0 Å². The van der Waals surface area contributed by atoms with Crippen LogP contribution in [0.4, 0.5) is 0 Å². The van der Waals surface area contributed by atoms with Gasteiger partial charge in [0.05, 0.1) is 24.3 Å². The average Bonchev–Trinajstić information content (AvgIpc) is 4.04. The van der Waals surface area contributed by atoms with E-state index < -0.39 is 6.04 Å². The Morgan fingerprint density at radius 3 is 2.06 bits per heavy atom. The average molecular weight is 1020 g/mol. The van der Waals surface area contributed by atoms with Gasteiger partial charge in [-0.15, -0.1) is 35.7 Å². The zero-order valence-electron chi connectivity index (χ0n) is 40.4. The largest absolute Gasteiger partial charge is 0.503 e. The molecule has 0 spiro atoms. The SMILES string of the molecule is [2H]c1c([2H])c([2H])c(-c2cnc(-n3c4[c-]c(Oc5[c-]c(-c6coc7c(-c8c(-c9ccccc9)cccc8-c8ccccc8)[n+](C(C)(C)C)[c-]n67)ccc5)ccc4c4ccccc43)cc2C)c([2H])c1[2H].[Pt]. The first kappa shape index (κ1) is 35.2. The maximum Gasteiger partial charge on any atom is 0.247 e. The van der Waals surface area contributed by atoms with Gasteiger partial charge in [0.1, 0.15) is 11.5 Å². The Bertz CT molecular complexity index is 3700. The first-order valence-electron chi connectivity index (χ1n) is 23.3. The van der Waals surface area contributed by atoms with Gasteiger partial charge in [0, 0.05) is 49.8 Å². The van der Waals surface area contributed by atoms with Crippen LogP contribution in [0.1, 0.15) is 33.2 Å². The molecule has 0 aliphatic carbocycles. The van der Waals surface area contributed by atoms with E-state index in [2.05, 4.69) is 117 Å². The minimum Gasteiger partial charge on any atom is -0.503 e. The molecule has 0 amide bonds. The third kappa shape index (κ3) is 7.14. The van der Waals surface area contributed by atoms with Gasteiger partial charge >= 0.3 is 0 Å². The van der Waals surface area contributed by atoms with Gasteiger partial charge in [-0.05, 0) is 84.2 Å². The van der Waals surface area contributed by atoms with E-state index in [-0.39, 0.29) is 56.3 Å². The van der Waals surface area contributed by atoms with Crippen LogP contribution < -0.4 is 9.30 Å². The number of aromatic nitrogens is 4. The Morgan fingerprint density at radius 1 is 0.688 bits per heavy atom. The van der Waals surface area contributed by atoms with Crippen molar-refractivity contribution >= 4 is 27.5 Å². The van der Waals surface area contributed by atoms with E-state index in [1.165, 1.54) is 0 Å². The van der Waals surface area contributed by atoms with Gasteiger partial charge in [0.15, 0.2) is 0 Å². The zero-order chi connectivity index (χ0) is 47.0. The zero-order valence-corrected chi connectivity index (χ0v) is 37.6. The quantitative estimate of drug-likeness (QED) is 0.113. The maximum absolute atomic E-state index is 8.58. The smallest absolute Gasteiger partial charge is 0.247 e. The van der Waals surface area contributed by atoms with Gasteiger partial charge in [-0.25, -0.2) is 4.98 Å². The van der Waals surface area contributed by atoms with Crippen molar-refractivity contribution < 1.29 is 41.6 Å². The normalized spacial score (nSPS) is 12.7. The second kappa shape index (κ2) is 16.5. The first-order chi connectivity index (χ1) is 32.9. The molecule has 0 aliphatic heterocycles. The van der Waals surface area contributed by atoms with Crippen LogP contribution in [0, 0.1) is 25.4 Å². The Balaban J connectivity index is 0.00000553. The maximum atomic E-state index is 8.58. The van der Waals surface area contributed by atoms with Crippen molar-refractivity contribution in [1.82, 2.24) is 14.0 Å². The minimum atomic E-state index is -0.436. The second-order valence-corrected chi connectivity index (χ2v) is 16.5. The Morgan fingerprint density at radius 2 is 1.36 bits per heavy atom. The van der Waals surface area contributed by atoms with Crippen molar-refractivity contribution in [1.29, 1.82) is 0 Å². The third-order valence-corrected chi connectivity index (χ3v) is 11.4. The number of rotatable bonds is 8. The number of imidazole rings is 1. The molecule has 0 unspecified atom stereocenters. The molecule has 11 rings (SSSR count). The molecule has 0 radical (unpaired) electrons. The van der Waals surface area contributed by atoms with Crippen molar-refractivity contribution in [2.24, 2.45) is 0 Å². The molecule has 0 saturated carbocycles. The fourth-order valence-electron chi connectivity index (χ4n) is 8.50. The second-order valence-electron chi connectivity index (χ2n) is 16.5. The van der Waals surface area contributed by atoms with Gasteiger partial charge in [0.2, 0.25) is 12.0 Å². The van der Waals surface area contributed by atoms with Crippen molar-refractivity contribution in [3.05, 3.63) is 206 Å². The summed E-state index contributed by atoms with van der Waals surface area (Å²) in [5.41, 5.74) is 10.9. The Kier molecular flexibility index (Phi) is 9.05. The van der Waals surface area contributed by atoms with Crippen molar-refractivity contribution in [2.75, 3.05) is 0 Å². The van der Waals surface area contributed by atoms with E-state index in [0.29, 0.717) is 34.2 Å². The van der Waals surface area contributed by atoms with E-state index >= 15 is 0 Å². The molecule has 7 heteroatoms. The van der Waals surface area contributed by atoms with Crippen LogP contribution in [0.15, 0.2) is 187 Å². The summed E-state index contributed by atoms with van der Waals surface area (Å²) in [4.78, 5) is 4.83. The first-order valence-corrected chi connectivity index (χ1v) is 20.8. The predicted molar refractivity (Wildman–Crippen MR) is 252 cm³/mol. The number of oxazole rings is 1. The van der Waals surface area contributed by atoms with Crippen LogP contribution in [-0.4, -0.2) is 14.0 Å². The molecule has 7 aromatic carbocycles. The number of nitrogens with zero attached hydrogens (tertiary/aromatic N) is 4. The van der Waals surface area contributed by atoms with Crippen LogP contribution in [0.25, 0.3) is 89.2 Å². The fourth-order valence-corrected chi connectivity index (χ4v) is 8.50. The predicted octanol–water partition coefficient (Wildman–Crippen LogP) is 13.9. The third-order valence-electron chi connectivity index (χ3n) is 11.4. The van der Waals surface area contributed by atoms with Crippen molar-refractivity contribution in [3.8, 4) is 73.2 Å². The van der Waals surface area contributed by atoms with Crippen LogP contribution in [0.3, 0.4) is 0 Å². The molecule has 11 aromatic rings. The Labute approximate surface area is 394 Å². The van der Waals surface area contributed by atoms with Crippen LogP contribution >= 0.6 is 0 Å². The molecule has 4 aromatic heterocycles. The number of aryl methyl sites for hydroxylation is 1. The molecule has 0 bridgehead atoms. The van der Waals surface area contributed by atoms with E-state index in [1.54, 1.807) is 12.5 Å². The molecule has 0 saturated heterocycles. The molecule has 0 fully saturated rings. The topological polar surface area (TPSA) is 48.5 Å². The van der Waals surface area contributed by atoms with Crippen LogP contribution in [0.2, 0.25) is 0 Å². The summed E-state index contributed by atoms with van der Waals surface area (Å²) >= 11 is 0. The fraction of sp³-hybridized carbons (Fsp3) is 0.0877. The molecule has 0 atom stereocenters. The molecule has 0 aliphatic rings. The molecule has 64 heavy (non-hydrogen) atoms. The van der Waals surface area contributed by atoms with Gasteiger partial charge in [-0.2, -0.15) is 6.07 Å². The van der Waals surface area contributed by atoms with E-state index in [9.17, 15) is 0 Å². The van der Waals surface area contributed by atoms with Gasteiger partial charge in [0.25, 0.3) is 0 Å². The molecule has 4 heterocycles. The number of fused-ring (bicyclic) bond motifs is 4. The van der Waals surface area contributed by atoms with E-state index in [1.807, 2.05) is 82.6 Å². The number of hydrogen-bond donors (Lipinski definition) is 0. The summed E-state index contributed by atoms with van der Waals surface area (Å²) < 4.78 is 61.0. The summed E-state index contributed by atoms with van der Waals surface area (Å²) in [6.07, 6.45) is 7.01. The molecular weight excluding hydrogens is 968 g/mol. The minimum absolute atomic E-state index is 0. The molecule has 0 N–H and O–H groups in total. The number of para-hydroxylation sites is 1. The van der Waals surface area contributed by atoms with E-state index in [4.69, 9.17) is 21.0 Å². The Hall–Kier alpha value is -7.27. The molecule has 314 valence electrons. The summed E-state index contributed by atoms with van der Waals surface area (Å²) in [6, 6.07) is 52.1. The van der Waals surface area contributed by atoms with Crippen LogP contribution in [-0.2, 0) is 26.6 Å². The monoisotopic (exact) mass is 1010 g/mol. The van der Waals surface area contributed by atoms with Gasteiger partial charge in [-0.3, -0.25) is 4.40 Å². The summed E-state index contributed by atoms with van der Waals surface area (Å²) in [5.74, 6) is 1.52. The summed E-state index contributed by atoms with van der Waals surface area (Å²) in [5, 5.41) is 1.94. The van der Waals surface area contributed by atoms with Gasteiger partial charge in [-0.1, -0.05) is 144 Å².